The molecule has 0 radical (unpaired) electrons. The highest BCUT2D eigenvalue weighted by Gasteiger charge is 2.17. The van der Waals surface area contributed by atoms with E-state index in [0.717, 1.165) is 55.9 Å². The number of benzene rings is 3. The van der Waals surface area contributed by atoms with Gasteiger partial charge >= 0.3 is 5.97 Å². The van der Waals surface area contributed by atoms with Crippen molar-refractivity contribution in [3.8, 4) is 0 Å². The molecule has 34 heavy (non-hydrogen) atoms. The predicted octanol–water partition coefficient (Wildman–Crippen LogP) is 5.75. The summed E-state index contributed by atoms with van der Waals surface area (Å²) in [6, 6.07) is 21.5. The Morgan fingerprint density at radius 1 is 1.06 bits per heavy atom. The fourth-order valence-electron chi connectivity index (χ4n) is 4.12. The van der Waals surface area contributed by atoms with Gasteiger partial charge < -0.3 is 9.66 Å². The molecule has 4 aromatic rings. The van der Waals surface area contributed by atoms with E-state index in [9.17, 15) is 13.6 Å². The zero-order chi connectivity index (χ0) is 24.1. The van der Waals surface area contributed by atoms with E-state index in [2.05, 4.69) is 23.2 Å². The summed E-state index contributed by atoms with van der Waals surface area (Å²) in [6.07, 6.45) is 5.15. The van der Waals surface area contributed by atoms with Crippen molar-refractivity contribution in [2.75, 3.05) is 0 Å². The summed E-state index contributed by atoms with van der Waals surface area (Å²) >= 11 is -1.96. The average Bonchev–Trinajstić information content (AvgIpc) is 3.30. The van der Waals surface area contributed by atoms with Crippen LogP contribution in [-0.4, -0.2) is 30.0 Å². The van der Waals surface area contributed by atoms with E-state index >= 15 is 0 Å². The molecule has 0 aliphatic rings. The number of nitrogens with zero attached hydrogens (tertiary/aromatic N) is 1. The number of hydrogen-bond acceptors (Lipinski definition) is 3. The number of aromatic amines is 1. The topological polar surface area (TPSA) is 103 Å². The summed E-state index contributed by atoms with van der Waals surface area (Å²) < 4.78 is 21.2. The van der Waals surface area contributed by atoms with Gasteiger partial charge in [0.15, 0.2) is 11.1 Å². The largest absolute Gasteiger partial charge is 0.478 e. The third-order valence-electron chi connectivity index (χ3n) is 5.62. The van der Waals surface area contributed by atoms with E-state index in [4.69, 9.17) is 5.11 Å². The van der Waals surface area contributed by atoms with Crippen molar-refractivity contribution in [1.29, 1.82) is 0 Å². The number of hydrogen-bond donors (Lipinski definition) is 3. The Kier molecular flexibility index (Phi) is 7.15. The van der Waals surface area contributed by atoms with E-state index in [1.54, 1.807) is 12.3 Å². The molecule has 7 heteroatoms. The molecule has 1 atom stereocenters. The van der Waals surface area contributed by atoms with E-state index in [-0.39, 0.29) is 5.75 Å². The lowest BCUT2D eigenvalue weighted by molar-refractivity contribution is -0.131. The Bertz CT molecular complexity index is 1420. The minimum Gasteiger partial charge on any atom is -0.478 e. The van der Waals surface area contributed by atoms with Gasteiger partial charge in [-0.25, -0.2) is 9.00 Å². The summed E-state index contributed by atoms with van der Waals surface area (Å²) in [5.74, 6) is -0.948. The molecule has 0 aliphatic carbocycles. The summed E-state index contributed by atoms with van der Waals surface area (Å²) in [6.45, 7) is 2.07. The Morgan fingerprint density at radius 2 is 1.79 bits per heavy atom. The van der Waals surface area contributed by atoms with Gasteiger partial charge in [-0.1, -0.05) is 61.5 Å². The van der Waals surface area contributed by atoms with Crippen LogP contribution in [0.2, 0.25) is 0 Å². The average molecular weight is 473 g/mol. The molecule has 1 unspecified atom stereocenters. The number of H-pyrrole nitrogens is 1. The molecule has 172 valence electrons. The van der Waals surface area contributed by atoms with Crippen LogP contribution in [0.4, 0.5) is 0 Å². The molecule has 3 N–H and O–H groups in total. The Labute approximate surface area is 199 Å². The molecule has 0 spiro atoms. The van der Waals surface area contributed by atoms with Crippen LogP contribution in [0.25, 0.3) is 28.1 Å². The van der Waals surface area contributed by atoms with Crippen LogP contribution in [0.5, 0.6) is 0 Å². The molecule has 0 saturated carbocycles. The Morgan fingerprint density at radius 3 is 2.50 bits per heavy atom. The number of carboxylic acid groups (broad SMARTS) is 1. The van der Waals surface area contributed by atoms with Gasteiger partial charge in [-0.3, -0.25) is 5.10 Å². The van der Waals surface area contributed by atoms with Crippen molar-refractivity contribution in [3.63, 3.8) is 0 Å². The van der Waals surface area contributed by atoms with Crippen LogP contribution in [0.15, 0.2) is 79.0 Å². The Hall–Kier alpha value is -3.81. The van der Waals surface area contributed by atoms with Gasteiger partial charge in [-0.2, -0.15) is 5.10 Å². The van der Waals surface area contributed by atoms with E-state index in [1.165, 1.54) is 0 Å². The third kappa shape index (κ3) is 5.22. The standard InChI is InChI=1S/C27H24N2O4S/c1-2-23(24-6-4-3-5-21(24)17-34(32)33)27(20-12-13-25-22(15-20)16-28-29-25)19-10-7-18(8-11-19)9-14-26(30)31/h3-16H,2,17H2,1H3,(H,28,29)(H,30,31)(H,32,33)/b14-9+,27-23+. The smallest absolute Gasteiger partial charge is 0.328 e. The molecule has 6 nitrogen and oxygen atoms in total. The van der Waals surface area contributed by atoms with Crippen molar-refractivity contribution < 1.29 is 18.7 Å². The summed E-state index contributed by atoms with van der Waals surface area (Å²) in [5.41, 5.74) is 7.49. The number of nitrogens with one attached hydrogen (secondary N) is 1. The first-order valence-corrected chi connectivity index (χ1v) is 12.1. The quantitative estimate of drug-likeness (QED) is 0.172. The lowest BCUT2D eigenvalue weighted by atomic mass is 9.86. The van der Waals surface area contributed by atoms with E-state index < -0.39 is 17.0 Å². The normalized spacial score (nSPS) is 13.2. The number of fused-ring (bicyclic) bond motifs is 1. The van der Waals surface area contributed by atoms with Crippen LogP contribution in [0.3, 0.4) is 0 Å². The fraction of sp³-hybridized carbons (Fsp3) is 0.111. The molecule has 3 aromatic carbocycles. The maximum atomic E-state index is 11.6. The monoisotopic (exact) mass is 472 g/mol. The molecule has 4 rings (SSSR count). The van der Waals surface area contributed by atoms with Crippen molar-refractivity contribution in [1.82, 2.24) is 10.2 Å². The predicted molar refractivity (Wildman–Crippen MR) is 136 cm³/mol. The number of carboxylic acids is 1. The Balaban J connectivity index is 1.94. The summed E-state index contributed by atoms with van der Waals surface area (Å²) in [4.78, 5) is 10.9. The molecule has 1 heterocycles. The first-order valence-electron chi connectivity index (χ1n) is 10.8. The van der Waals surface area contributed by atoms with E-state index in [0.29, 0.717) is 6.42 Å². The van der Waals surface area contributed by atoms with E-state index in [1.807, 2.05) is 60.7 Å². The maximum Gasteiger partial charge on any atom is 0.328 e. The second-order valence-electron chi connectivity index (χ2n) is 7.80. The lowest BCUT2D eigenvalue weighted by Crippen LogP contribution is -2.01. The van der Waals surface area contributed by atoms with Crippen LogP contribution in [-0.2, 0) is 21.6 Å². The first-order chi connectivity index (χ1) is 16.5. The molecular weight excluding hydrogens is 448 g/mol. The minimum absolute atomic E-state index is 0.0483. The zero-order valence-corrected chi connectivity index (χ0v) is 19.4. The number of carbonyl (C=O) groups is 1. The van der Waals surface area contributed by atoms with Gasteiger partial charge in [0.25, 0.3) is 0 Å². The molecular formula is C27H24N2O4S. The minimum atomic E-state index is -1.96. The number of aromatic nitrogens is 2. The van der Waals surface area contributed by atoms with Crippen LogP contribution in [0, 0.1) is 0 Å². The highest BCUT2D eigenvalue weighted by Crippen LogP contribution is 2.37. The van der Waals surface area contributed by atoms with Crippen molar-refractivity contribution in [3.05, 3.63) is 107 Å². The van der Waals surface area contributed by atoms with Crippen LogP contribution < -0.4 is 0 Å². The lowest BCUT2D eigenvalue weighted by Gasteiger charge is -2.19. The van der Waals surface area contributed by atoms with Gasteiger partial charge in [0.2, 0.25) is 0 Å². The highest BCUT2D eigenvalue weighted by atomic mass is 32.2. The second-order valence-corrected chi connectivity index (χ2v) is 8.73. The highest BCUT2D eigenvalue weighted by molar-refractivity contribution is 7.78. The van der Waals surface area contributed by atoms with Crippen LogP contribution in [0.1, 0.15) is 41.2 Å². The van der Waals surface area contributed by atoms with Crippen LogP contribution >= 0.6 is 0 Å². The maximum absolute atomic E-state index is 11.6. The van der Waals surface area contributed by atoms with Gasteiger partial charge in [0.1, 0.15) is 0 Å². The molecule has 0 amide bonds. The SMILES string of the molecule is CC/C(=C(/c1ccc(/C=C/C(=O)O)cc1)c1ccc2[nH]ncc2c1)c1ccccc1CS(=O)O. The third-order valence-corrected chi connectivity index (χ3v) is 6.18. The molecule has 0 aliphatic heterocycles. The molecule has 0 fully saturated rings. The summed E-state index contributed by atoms with van der Waals surface area (Å²) in [7, 11) is 0. The molecule has 0 saturated heterocycles. The van der Waals surface area contributed by atoms with Gasteiger partial charge in [-0.15, -0.1) is 0 Å². The fourth-order valence-corrected chi connectivity index (χ4v) is 4.64. The van der Waals surface area contributed by atoms with Gasteiger partial charge in [-0.05, 0) is 63.6 Å². The van der Waals surface area contributed by atoms with Gasteiger partial charge in [0, 0.05) is 11.5 Å². The molecule has 1 aromatic heterocycles. The number of rotatable bonds is 8. The first kappa shape index (κ1) is 23.4. The zero-order valence-electron chi connectivity index (χ0n) is 18.6. The van der Waals surface area contributed by atoms with Crippen molar-refractivity contribution in [2.24, 2.45) is 0 Å². The molecule has 0 bridgehead atoms. The van der Waals surface area contributed by atoms with Crippen molar-refractivity contribution in [2.45, 2.75) is 19.1 Å². The van der Waals surface area contributed by atoms with Gasteiger partial charge in [0.05, 0.1) is 17.5 Å². The second kappa shape index (κ2) is 10.4. The van der Waals surface area contributed by atoms with Crippen molar-refractivity contribution >= 4 is 45.2 Å². The number of aliphatic carboxylic acids is 1. The summed E-state index contributed by atoms with van der Waals surface area (Å²) in [5, 5.41) is 17.0. The number of allylic oxidation sites excluding steroid dienone is 1.